The average Bonchev–Trinajstić information content (AvgIpc) is 2.80. The molecule has 2 rings (SSSR count). The molecule has 1 aromatic rings. The minimum Gasteiger partial charge on any atom is -0.508 e. The summed E-state index contributed by atoms with van der Waals surface area (Å²) in [5, 5.41) is 18.2. The molecule has 0 spiro atoms. The molecule has 1 aliphatic rings. The number of rotatable bonds is 2. The number of likely N-dealkylation sites (tertiary alicyclic amines) is 1. The van der Waals surface area contributed by atoms with Crippen LogP contribution in [0.15, 0.2) is 29.2 Å². The quantitative estimate of drug-likeness (QED) is 0.835. The molecule has 0 radical (unpaired) electrons. The number of phenols is 1. The second-order valence-electron chi connectivity index (χ2n) is 6.53. The van der Waals surface area contributed by atoms with Gasteiger partial charge in [-0.15, -0.1) is 0 Å². The highest BCUT2D eigenvalue weighted by atomic mass is 32.2. The molecule has 1 aromatic carbocycles. The van der Waals surface area contributed by atoms with Crippen molar-refractivity contribution in [2.24, 2.45) is 0 Å². The Hall–Kier alpha value is -1.80. The van der Waals surface area contributed by atoms with Crippen molar-refractivity contribution in [2.45, 2.75) is 42.6 Å². The summed E-state index contributed by atoms with van der Waals surface area (Å²) in [5.41, 5.74) is -0.698. The van der Waals surface area contributed by atoms with Crippen LogP contribution in [0.1, 0.15) is 20.8 Å². The Morgan fingerprint density at radius 2 is 1.78 bits per heavy atom. The van der Waals surface area contributed by atoms with Gasteiger partial charge in [-0.05, 0) is 45.0 Å². The highest BCUT2D eigenvalue weighted by molar-refractivity contribution is 7.92. The summed E-state index contributed by atoms with van der Waals surface area (Å²) >= 11 is 0. The molecule has 1 amide bonds. The minimum atomic E-state index is -3.83. The number of benzene rings is 1. The van der Waals surface area contributed by atoms with Gasteiger partial charge in [0.2, 0.25) is 0 Å². The zero-order chi connectivity index (χ0) is 17.4. The molecule has 1 fully saturated rings. The number of β-amino-alcohol motifs (C(OH)–C–C–N with tert-alkyl or cyclic N) is 1. The van der Waals surface area contributed by atoms with Crippen LogP contribution in [-0.4, -0.2) is 59.7 Å². The molecule has 7 nitrogen and oxygen atoms in total. The van der Waals surface area contributed by atoms with E-state index in [0.717, 1.165) is 0 Å². The summed E-state index contributed by atoms with van der Waals surface area (Å²) in [7, 11) is -3.83. The Bertz CT molecular complexity index is 677. The maximum absolute atomic E-state index is 12.6. The van der Waals surface area contributed by atoms with Gasteiger partial charge in [0, 0.05) is 6.54 Å². The van der Waals surface area contributed by atoms with Crippen molar-refractivity contribution < 1.29 is 28.2 Å². The maximum Gasteiger partial charge on any atom is 0.410 e. The summed E-state index contributed by atoms with van der Waals surface area (Å²) in [6, 6.07) is 5.07. The largest absolute Gasteiger partial charge is 0.508 e. The van der Waals surface area contributed by atoms with E-state index in [0.29, 0.717) is 0 Å². The normalized spacial score (nSPS) is 22.2. The van der Waals surface area contributed by atoms with Gasteiger partial charge in [-0.25, -0.2) is 13.2 Å². The average molecular weight is 343 g/mol. The molecule has 2 atom stereocenters. The number of aliphatic hydroxyl groups excluding tert-OH is 1. The van der Waals surface area contributed by atoms with Crippen molar-refractivity contribution in [1.82, 2.24) is 4.90 Å². The van der Waals surface area contributed by atoms with Gasteiger partial charge >= 0.3 is 6.09 Å². The number of carbonyl (C=O) groups excluding carboxylic acids is 1. The second kappa shape index (κ2) is 6.01. The molecule has 0 aliphatic carbocycles. The first kappa shape index (κ1) is 17.6. The highest BCUT2D eigenvalue weighted by Gasteiger charge is 2.44. The van der Waals surface area contributed by atoms with E-state index in [-0.39, 0.29) is 23.7 Å². The topological polar surface area (TPSA) is 104 Å². The number of phenolic OH excluding ortho intramolecular Hbond substituents is 1. The first-order chi connectivity index (χ1) is 10.5. The van der Waals surface area contributed by atoms with E-state index in [1.807, 2.05) is 0 Å². The summed E-state index contributed by atoms with van der Waals surface area (Å²) in [6.45, 7) is 4.89. The highest BCUT2D eigenvalue weighted by Crippen LogP contribution is 2.26. The number of aliphatic hydroxyl groups is 1. The number of hydrogen-bond donors (Lipinski definition) is 2. The zero-order valence-electron chi connectivity index (χ0n) is 13.3. The maximum atomic E-state index is 12.6. The van der Waals surface area contributed by atoms with E-state index in [1.54, 1.807) is 20.8 Å². The lowest BCUT2D eigenvalue weighted by Gasteiger charge is -2.24. The summed E-state index contributed by atoms with van der Waals surface area (Å²) in [5.74, 6) is -0.0497. The smallest absolute Gasteiger partial charge is 0.410 e. The molecule has 8 heteroatoms. The van der Waals surface area contributed by atoms with Crippen LogP contribution in [0.3, 0.4) is 0 Å². The van der Waals surface area contributed by atoms with Gasteiger partial charge in [0.25, 0.3) is 0 Å². The predicted molar refractivity (Wildman–Crippen MR) is 82.9 cm³/mol. The molecule has 1 heterocycles. The monoisotopic (exact) mass is 343 g/mol. The van der Waals surface area contributed by atoms with Gasteiger partial charge in [0.1, 0.15) is 16.6 Å². The van der Waals surface area contributed by atoms with Gasteiger partial charge in [0.05, 0.1) is 17.5 Å². The third-order valence-electron chi connectivity index (χ3n) is 3.45. The van der Waals surface area contributed by atoms with E-state index in [4.69, 9.17) is 4.74 Å². The van der Waals surface area contributed by atoms with Crippen LogP contribution in [0, 0.1) is 0 Å². The summed E-state index contributed by atoms with van der Waals surface area (Å²) in [4.78, 5) is 13.2. The van der Waals surface area contributed by atoms with Crippen molar-refractivity contribution in [3.05, 3.63) is 24.3 Å². The number of amides is 1. The molecular formula is C15H21NO6S. The third kappa shape index (κ3) is 3.94. The molecule has 1 aliphatic heterocycles. The molecule has 0 aromatic heterocycles. The Morgan fingerprint density at radius 1 is 1.22 bits per heavy atom. The van der Waals surface area contributed by atoms with Crippen LogP contribution in [0.25, 0.3) is 0 Å². The van der Waals surface area contributed by atoms with E-state index in [9.17, 15) is 23.4 Å². The molecule has 2 unspecified atom stereocenters. The van der Waals surface area contributed by atoms with Crippen molar-refractivity contribution in [3.63, 3.8) is 0 Å². The lowest BCUT2D eigenvalue weighted by Crippen LogP contribution is -2.36. The fourth-order valence-corrected chi connectivity index (χ4v) is 4.09. The van der Waals surface area contributed by atoms with Crippen molar-refractivity contribution in [1.29, 1.82) is 0 Å². The Kier molecular flexibility index (Phi) is 4.59. The van der Waals surface area contributed by atoms with Crippen LogP contribution in [0.2, 0.25) is 0 Å². The molecule has 0 bridgehead atoms. The lowest BCUT2D eigenvalue weighted by molar-refractivity contribution is 0.0270. The Morgan fingerprint density at radius 3 is 2.30 bits per heavy atom. The van der Waals surface area contributed by atoms with Crippen molar-refractivity contribution in [2.75, 3.05) is 13.1 Å². The van der Waals surface area contributed by atoms with Crippen LogP contribution >= 0.6 is 0 Å². The van der Waals surface area contributed by atoms with Gasteiger partial charge in [0.15, 0.2) is 9.84 Å². The van der Waals surface area contributed by atoms with Gasteiger partial charge in [-0.1, -0.05) is 0 Å². The fraction of sp³-hybridized carbons (Fsp3) is 0.533. The zero-order valence-corrected chi connectivity index (χ0v) is 14.1. The Balaban J connectivity index is 2.18. The number of carbonyl (C=O) groups is 1. The number of sulfone groups is 1. The molecular weight excluding hydrogens is 322 g/mol. The summed E-state index contributed by atoms with van der Waals surface area (Å²) < 4.78 is 30.4. The second-order valence-corrected chi connectivity index (χ2v) is 8.70. The molecule has 2 N–H and O–H groups in total. The van der Waals surface area contributed by atoms with Crippen LogP contribution < -0.4 is 0 Å². The fourth-order valence-electron chi connectivity index (χ4n) is 2.35. The predicted octanol–water partition coefficient (Wildman–Crippen LogP) is 1.15. The van der Waals surface area contributed by atoms with E-state index >= 15 is 0 Å². The molecule has 0 saturated carbocycles. The van der Waals surface area contributed by atoms with Crippen LogP contribution in [0.4, 0.5) is 4.79 Å². The van der Waals surface area contributed by atoms with E-state index in [1.165, 1.54) is 29.2 Å². The number of aromatic hydroxyl groups is 1. The van der Waals surface area contributed by atoms with E-state index in [2.05, 4.69) is 0 Å². The number of hydrogen-bond acceptors (Lipinski definition) is 6. The first-order valence-corrected chi connectivity index (χ1v) is 8.74. The number of ether oxygens (including phenoxy) is 1. The minimum absolute atomic E-state index is 0.00890. The van der Waals surface area contributed by atoms with Gasteiger partial charge in [-0.2, -0.15) is 0 Å². The van der Waals surface area contributed by atoms with Crippen molar-refractivity contribution in [3.8, 4) is 5.75 Å². The standard InChI is InChI=1S/C15H21NO6S/c1-15(2,3)22-14(19)16-8-12(18)13(9-16)23(20,21)11-6-4-10(17)5-7-11/h4-7,12-13,17-18H,8-9H2,1-3H3. The van der Waals surface area contributed by atoms with E-state index < -0.39 is 32.9 Å². The van der Waals surface area contributed by atoms with Gasteiger partial charge in [-0.3, -0.25) is 0 Å². The molecule has 128 valence electrons. The SMILES string of the molecule is CC(C)(C)OC(=O)N1CC(O)C(S(=O)(=O)c2ccc(O)cc2)C1. The van der Waals surface area contributed by atoms with Crippen molar-refractivity contribution >= 4 is 15.9 Å². The first-order valence-electron chi connectivity index (χ1n) is 7.19. The molecule has 23 heavy (non-hydrogen) atoms. The third-order valence-corrected chi connectivity index (χ3v) is 5.64. The molecule has 1 saturated heterocycles. The summed E-state index contributed by atoms with van der Waals surface area (Å²) in [6.07, 6.45) is -1.85. The van der Waals surface area contributed by atoms with Crippen LogP contribution in [0.5, 0.6) is 5.75 Å². The van der Waals surface area contributed by atoms with Gasteiger partial charge < -0.3 is 19.8 Å². The Labute approximate surface area is 135 Å². The number of nitrogens with zero attached hydrogens (tertiary/aromatic N) is 1. The van der Waals surface area contributed by atoms with Crippen LogP contribution in [-0.2, 0) is 14.6 Å². The lowest BCUT2D eigenvalue weighted by atomic mass is 10.2.